The first-order valence-corrected chi connectivity index (χ1v) is 12.2. The SMILES string of the molecule is Cc1nc2cc([C@H]3CCCN3CC3=CCCOC3)nn2c(C)c1CCC(=O)NCC1CC1. The van der Waals surface area contributed by atoms with Gasteiger partial charge in [-0.1, -0.05) is 6.08 Å². The van der Waals surface area contributed by atoms with E-state index < -0.39 is 0 Å². The van der Waals surface area contributed by atoms with E-state index in [0.29, 0.717) is 24.8 Å². The van der Waals surface area contributed by atoms with Crippen LogP contribution in [0.5, 0.6) is 0 Å². The molecule has 2 aromatic rings. The summed E-state index contributed by atoms with van der Waals surface area (Å²) in [6, 6.07) is 2.48. The van der Waals surface area contributed by atoms with Crippen LogP contribution in [0.15, 0.2) is 17.7 Å². The fourth-order valence-corrected chi connectivity index (χ4v) is 5.11. The summed E-state index contributed by atoms with van der Waals surface area (Å²) in [4.78, 5) is 19.6. The van der Waals surface area contributed by atoms with Gasteiger partial charge in [0.05, 0.1) is 24.9 Å². The molecule has 2 aliphatic heterocycles. The Labute approximate surface area is 190 Å². The van der Waals surface area contributed by atoms with Crippen molar-refractivity contribution in [3.05, 3.63) is 40.4 Å². The summed E-state index contributed by atoms with van der Waals surface area (Å²) in [5.41, 5.74) is 6.64. The Morgan fingerprint density at radius 2 is 2.16 bits per heavy atom. The molecule has 0 unspecified atom stereocenters. The number of aromatic nitrogens is 3. The van der Waals surface area contributed by atoms with Crippen LogP contribution in [0, 0.1) is 19.8 Å². The standard InChI is InChI=1S/C25H35N5O2/c1-17-21(9-10-25(31)26-14-19-7-8-19)18(2)30-24(27-17)13-22(28-30)23-6-3-11-29(23)15-20-5-4-12-32-16-20/h5,13,19,23H,3-4,6-12,14-16H2,1-2H3,(H,26,31)/t23-/m1/s1. The lowest BCUT2D eigenvalue weighted by Crippen LogP contribution is -2.28. The molecule has 1 amide bonds. The minimum atomic E-state index is 0.138. The zero-order chi connectivity index (χ0) is 22.1. The van der Waals surface area contributed by atoms with Crippen LogP contribution < -0.4 is 5.32 Å². The van der Waals surface area contributed by atoms with Crippen LogP contribution in [0.4, 0.5) is 0 Å². The molecular formula is C25H35N5O2. The van der Waals surface area contributed by atoms with Crippen LogP contribution in [0.25, 0.3) is 5.65 Å². The van der Waals surface area contributed by atoms with Gasteiger partial charge in [0.2, 0.25) is 5.91 Å². The van der Waals surface area contributed by atoms with Gasteiger partial charge in [0.1, 0.15) is 0 Å². The predicted molar refractivity (Wildman–Crippen MR) is 124 cm³/mol. The number of aryl methyl sites for hydroxylation is 2. The smallest absolute Gasteiger partial charge is 0.220 e. The fourth-order valence-electron chi connectivity index (χ4n) is 5.11. The van der Waals surface area contributed by atoms with E-state index in [9.17, 15) is 4.79 Å². The maximum Gasteiger partial charge on any atom is 0.220 e. The van der Waals surface area contributed by atoms with Crippen molar-refractivity contribution in [1.82, 2.24) is 24.8 Å². The summed E-state index contributed by atoms with van der Waals surface area (Å²) in [6.07, 6.45) is 9.40. The molecule has 7 nitrogen and oxygen atoms in total. The topological polar surface area (TPSA) is 71.8 Å². The lowest BCUT2D eigenvalue weighted by molar-refractivity contribution is -0.121. The van der Waals surface area contributed by atoms with E-state index in [1.807, 2.05) is 4.52 Å². The Balaban J connectivity index is 1.31. The molecule has 7 heteroatoms. The normalized spacial score (nSPS) is 21.8. The lowest BCUT2D eigenvalue weighted by atomic mass is 10.1. The van der Waals surface area contributed by atoms with Crippen LogP contribution in [0.2, 0.25) is 0 Å². The highest BCUT2D eigenvalue weighted by molar-refractivity contribution is 5.76. The van der Waals surface area contributed by atoms with Gasteiger partial charge in [-0.25, -0.2) is 9.50 Å². The third-order valence-electron chi connectivity index (χ3n) is 7.16. The second-order valence-electron chi connectivity index (χ2n) is 9.68. The predicted octanol–water partition coefficient (Wildman–Crippen LogP) is 3.29. The average molecular weight is 438 g/mol. The van der Waals surface area contributed by atoms with Crippen molar-refractivity contribution in [3.8, 4) is 0 Å². The summed E-state index contributed by atoms with van der Waals surface area (Å²) >= 11 is 0. The number of carbonyl (C=O) groups excluding carboxylic acids is 1. The van der Waals surface area contributed by atoms with Crippen molar-refractivity contribution < 1.29 is 9.53 Å². The second kappa shape index (κ2) is 9.32. The molecule has 1 atom stereocenters. The molecule has 1 N–H and O–H groups in total. The van der Waals surface area contributed by atoms with E-state index in [4.69, 9.17) is 14.8 Å². The van der Waals surface area contributed by atoms with Gasteiger partial charge >= 0.3 is 0 Å². The van der Waals surface area contributed by atoms with Crippen molar-refractivity contribution in [2.75, 3.05) is 32.8 Å². The summed E-state index contributed by atoms with van der Waals surface area (Å²) in [7, 11) is 0. The zero-order valence-electron chi connectivity index (χ0n) is 19.4. The number of nitrogens with zero attached hydrogens (tertiary/aromatic N) is 4. The quantitative estimate of drug-likeness (QED) is 0.642. The summed E-state index contributed by atoms with van der Waals surface area (Å²) in [5.74, 6) is 0.847. The Morgan fingerprint density at radius 3 is 2.94 bits per heavy atom. The molecule has 1 saturated heterocycles. The number of hydrogen-bond acceptors (Lipinski definition) is 5. The van der Waals surface area contributed by atoms with E-state index in [2.05, 4.69) is 36.2 Å². The Morgan fingerprint density at radius 1 is 1.28 bits per heavy atom. The van der Waals surface area contributed by atoms with Crippen molar-refractivity contribution in [3.63, 3.8) is 0 Å². The van der Waals surface area contributed by atoms with Gasteiger partial charge in [-0.2, -0.15) is 5.10 Å². The summed E-state index contributed by atoms with van der Waals surface area (Å²) in [5, 5.41) is 8.07. The van der Waals surface area contributed by atoms with Crippen LogP contribution in [0.3, 0.4) is 0 Å². The first-order valence-electron chi connectivity index (χ1n) is 12.2. The maximum absolute atomic E-state index is 12.2. The molecular weight excluding hydrogens is 402 g/mol. The van der Waals surface area contributed by atoms with Gasteiger partial charge < -0.3 is 10.1 Å². The number of hydrogen-bond donors (Lipinski definition) is 1. The van der Waals surface area contributed by atoms with Crippen LogP contribution >= 0.6 is 0 Å². The first kappa shape index (κ1) is 21.6. The highest BCUT2D eigenvalue weighted by Crippen LogP contribution is 2.33. The minimum absolute atomic E-state index is 0.138. The Bertz CT molecular complexity index is 1020. The van der Waals surface area contributed by atoms with Crippen molar-refractivity contribution in [2.24, 2.45) is 5.92 Å². The van der Waals surface area contributed by atoms with Crippen molar-refractivity contribution in [1.29, 1.82) is 0 Å². The molecule has 5 rings (SSSR count). The molecule has 32 heavy (non-hydrogen) atoms. The Hall–Kier alpha value is -2.25. The van der Waals surface area contributed by atoms with E-state index >= 15 is 0 Å². The van der Waals surface area contributed by atoms with E-state index in [-0.39, 0.29) is 5.91 Å². The van der Waals surface area contributed by atoms with Gasteiger partial charge in [0.15, 0.2) is 5.65 Å². The van der Waals surface area contributed by atoms with Gasteiger partial charge in [0, 0.05) is 37.0 Å². The molecule has 1 saturated carbocycles. The number of ether oxygens (including phenoxy) is 1. The van der Waals surface area contributed by atoms with Crippen LogP contribution in [-0.2, 0) is 16.0 Å². The Kier molecular flexibility index (Phi) is 6.28. The lowest BCUT2D eigenvalue weighted by Gasteiger charge is -2.25. The molecule has 1 aliphatic carbocycles. The number of nitrogens with one attached hydrogen (secondary N) is 1. The number of carbonyl (C=O) groups is 1. The van der Waals surface area contributed by atoms with Gasteiger partial charge in [-0.05, 0) is 76.0 Å². The number of amides is 1. The second-order valence-corrected chi connectivity index (χ2v) is 9.68. The van der Waals surface area contributed by atoms with Crippen molar-refractivity contribution in [2.45, 2.75) is 64.8 Å². The van der Waals surface area contributed by atoms with Crippen LogP contribution in [0.1, 0.15) is 67.2 Å². The molecule has 0 bridgehead atoms. The van der Waals surface area contributed by atoms with E-state index in [0.717, 1.165) is 74.0 Å². The average Bonchev–Trinajstić information content (AvgIpc) is 3.35. The zero-order valence-corrected chi connectivity index (χ0v) is 19.4. The fraction of sp³-hybridized carbons (Fsp3) is 0.640. The number of rotatable bonds is 8. The molecule has 172 valence electrons. The molecule has 2 fully saturated rings. The molecule has 4 heterocycles. The maximum atomic E-state index is 12.2. The van der Waals surface area contributed by atoms with E-state index in [1.54, 1.807) is 0 Å². The summed E-state index contributed by atoms with van der Waals surface area (Å²) in [6.45, 7) is 8.65. The molecule has 0 radical (unpaired) electrons. The highest BCUT2D eigenvalue weighted by Gasteiger charge is 2.29. The highest BCUT2D eigenvalue weighted by atomic mass is 16.5. The molecule has 2 aromatic heterocycles. The molecule has 0 aromatic carbocycles. The molecule has 0 spiro atoms. The van der Waals surface area contributed by atoms with Gasteiger partial charge in [-0.3, -0.25) is 9.69 Å². The van der Waals surface area contributed by atoms with E-state index in [1.165, 1.54) is 24.8 Å². The summed E-state index contributed by atoms with van der Waals surface area (Å²) < 4.78 is 7.63. The molecule has 3 aliphatic rings. The largest absolute Gasteiger partial charge is 0.377 e. The monoisotopic (exact) mass is 437 g/mol. The van der Waals surface area contributed by atoms with Crippen LogP contribution in [-0.4, -0.2) is 58.3 Å². The third kappa shape index (κ3) is 4.74. The number of likely N-dealkylation sites (tertiary alicyclic amines) is 1. The number of fused-ring (bicyclic) bond motifs is 1. The third-order valence-corrected chi connectivity index (χ3v) is 7.16. The van der Waals surface area contributed by atoms with Crippen molar-refractivity contribution >= 4 is 11.6 Å². The minimum Gasteiger partial charge on any atom is -0.377 e. The van der Waals surface area contributed by atoms with Gasteiger partial charge in [0.25, 0.3) is 0 Å². The van der Waals surface area contributed by atoms with Gasteiger partial charge in [-0.15, -0.1) is 0 Å². The first-order chi connectivity index (χ1) is 15.6.